The number of hydrogen-bond acceptors (Lipinski definition) is 5. The first-order valence-corrected chi connectivity index (χ1v) is 7.59. The number of nitrogens with one attached hydrogen (secondary N) is 1. The summed E-state index contributed by atoms with van der Waals surface area (Å²) in [7, 11) is 0. The van der Waals surface area contributed by atoms with Crippen LogP contribution in [0.5, 0.6) is 0 Å². The minimum absolute atomic E-state index is 0.0929. The van der Waals surface area contributed by atoms with Gasteiger partial charge in [0.05, 0.1) is 0 Å². The number of amides is 1. The van der Waals surface area contributed by atoms with Crippen LogP contribution in [-0.2, 0) is 5.41 Å². The van der Waals surface area contributed by atoms with Crippen LogP contribution in [0.15, 0.2) is 0 Å². The molecule has 1 aromatic rings. The van der Waals surface area contributed by atoms with E-state index in [1.807, 2.05) is 0 Å². The predicted octanol–water partition coefficient (Wildman–Crippen LogP) is 2.08. The fraction of sp³-hybridized carbons (Fsp3) is 0.769. The quantitative estimate of drug-likeness (QED) is 0.766. The van der Waals surface area contributed by atoms with Crippen molar-refractivity contribution in [2.75, 3.05) is 6.54 Å². The van der Waals surface area contributed by atoms with E-state index in [-0.39, 0.29) is 10.4 Å². The van der Waals surface area contributed by atoms with E-state index in [9.17, 15) is 4.79 Å². The minimum Gasteiger partial charge on any atom is -0.363 e. The molecule has 0 saturated carbocycles. The lowest BCUT2D eigenvalue weighted by molar-refractivity contribution is 0.0999. The van der Waals surface area contributed by atoms with E-state index >= 15 is 0 Å². The van der Waals surface area contributed by atoms with Crippen LogP contribution in [0.3, 0.4) is 0 Å². The molecule has 0 saturated heterocycles. The topological polar surface area (TPSA) is 80.9 Å². The smallest absolute Gasteiger partial charge is 0.279 e. The number of carbonyl (C=O) groups excluding carboxylic acids is 1. The minimum atomic E-state index is -0.505. The normalized spacial score (nSPS) is 12.1. The van der Waals surface area contributed by atoms with Gasteiger partial charge in [-0.1, -0.05) is 39.0 Å². The maximum Gasteiger partial charge on any atom is 0.279 e. The largest absolute Gasteiger partial charge is 0.363 e. The third kappa shape index (κ3) is 4.54. The molecule has 3 N–H and O–H groups in total. The Hall–Kier alpha value is -1.01. The first kappa shape index (κ1) is 16.0. The predicted molar refractivity (Wildman–Crippen MR) is 78.4 cm³/mol. The van der Waals surface area contributed by atoms with Crippen molar-refractivity contribution in [3.63, 3.8) is 0 Å². The summed E-state index contributed by atoms with van der Waals surface area (Å²) in [6, 6.07) is 0.575. The molecular formula is C13H24N4OS. The SMILES string of the molecule is CCC(CC)NCCC(C)(C)c1nnc(C(N)=O)s1. The van der Waals surface area contributed by atoms with E-state index in [0.29, 0.717) is 6.04 Å². The number of nitrogens with two attached hydrogens (primary N) is 1. The fourth-order valence-corrected chi connectivity index (χ4v) is 2.69. The highest BCUT2D eigenvalue weighted by Gasteiger charge is 2.26. The zero-order valence-corrected chi connectivity index (χ0v) is 13.0. The number of carbonyl (C=O) groups is 1. The lowest BCUT2D eigenvalue weighted by Crippen LogP contribution is -2.32. The number of nitrogens with zero attached hydrogens (tertiary/aromatic N) is 2. The third-order valence-corrected chi connectivity index (χ3v) is 4.69. The molecule has 0 unspecified atom stereocenters. The van der Waals surface area contributed by atoms with Crippen LogP contribution in [-0.4, -0.2) is 28.7 Å². The van der Waals surface area contributed by atoms with Crippen molar-refractivity contribution in [3.8, 4) is 0 Å². The van der Waals surface area contributed by atoms with Crippen LogP contribution in [0, 0.1) is 0 Å². The second-order valence-electron chi connectivity index (χ2n) is 5.38. The van der Waals surface area contributed by atoms with Crippen molar-refractivity contribution in [2.24, 2.45) is 5.73 Å². The first-order chi connectivity index (χ1) is 8.90. The van der Waals surface area contributed by atoms with Gasteiger partial charge in [-0.3, -0.25) is 4.79 Å². The Balaban J connectivity index is 2.57. The molecule has 1 heterocycles. The van der Waals surface area contributed by atoms with Crippen LogP contribution in [0.1, 0.15) is 61.8 Å². The highest BCUT2D eigenvalue weighted by Crippen LogP contribution is 2.29. The molecule has 6 heteroatoms. The summed E-state index contributed by atoms with van der Waals surface area (Å²) in [6.07, 6.45) is 3.24. The van der Waals surface area contributed by atoms with Gasteiger partial charge in [-0.05, 0) is 25.8 Å². The van der Waals surface area contributed by atoms with Crippen molar-refractivity contribution >= 4 is 17.2 Å². The number of aromatic nitrogens is 2. The molecule has 0 spiro atoms. The Morgan fingerprint density at radius 2 is 2.00 bits per heavy atom. The Morgan fingerprint density at radius 1 is 1.37 bits per heavy atom. The molecule has 1 rings (SSSR count). The van der Waals surface area contributed by atoms with Gasteiger partial charge in [-0.2, -0.15) is 0 Å². The van der Waals surface area contributed by atoms with Gasteiger partial charge >= 0.3 is 0 Å². The Bertz CT molecular complexity index is 413. The highest BCUT2D eigenvalue weighted by atomic mass is 32.1. The summed E-state index contributed by atoms with van der Waals surface area (Å²) in [4.78, 5) is 11.0. The van der Waals surface area contributed by atoms with Crippen LogP contribution in [0.2, 0.25) is 0 Å². The molecule has 0 fully saturated rings. The monoisotopic (exact) mass is 284 g/mol. The molecule has 0 aromatic carbocycles. The molecule has 5 nitrogen and oxygen atoms in total. The Kier molecular flexibility index (Phi) is 5.87. The Labute approximate surface area is 119 Å². The van der Waals surface area contributed by atoms with Gasteiger partial charge in [0.1, 0.15) is 5.01 Å². The van der Waals surface area contributed by atoms with E-state index < -0.39 is 5.91 Å². The standard InChI is InChI=1S/C13H24N4OS/c1-5-9(6-2)15-8-7-13(3,4)12-17-16-11(19-12)10(14)18/h9,15H,5-8H2,1-4H3,(H2,14,18). The van der Waals surface area contributed by atoms with Gasteiger partial charge in [0.15, 0.2) is 0 Å². The van der Waals surface area contributed by atoms with Gasteiger partial charge in [0.2, 0.25) is 5.01 Å². The average Bonchev–Trinajstić information content (AvgIpc) is 2.85. The van der Waals surface area contributed by atoms with Gasteiger partial charge < -0.3 is 11.1 Å². The molecule has 1 aromatic heterocycles. The van der Waals surface area contributed by atoms with Crippen molar-refractivity contribution in [3.05, 3.63) is 10.0 Å². The highest BCUT2D eigenvalue weighted by molar-refractivity contribution is 7.13. The van der Waals surface area contributed by atoms with Crippen LogP contribution in [0.4, 0.5) is 0 Å². The molecule has 0 radical (unpaired) electrons. The summed E-state index contributed by atoms with van der Waals surface area (Å²) in [6.45, 7) is 9.55. The molecular weight excluding hydrogens is 260 g/mol. The summed E-state index contributed by atoms with van der Waals surface area (Å²) in [5.74, 6) is -0.505. The van der Waals surface area contributed by atoms with Crippen LogP contribution >= 0.6 is 11.3 Å². The maximum atomic E-state index is 11.0. The van der Waals surface area contributed by atoms with Gasteiger partial charge in [-0.15, -0.1) is 10.2 Å². The lowest BCUT2D eigenvalue weighted by atomic mass is 9.90. The molecule has 0 bridgehead atoms. The average molecular weight is 284 g/mol. The molecule has 0 aliphatic rings. The number of primary amides is 1. The summed E-state index contributed by atoms with van der Waals surface area (Å²) >= 11 is 1.29. The molecule has 0 aliphatic carbocycles. The first-order valence-electron chi connectivity index (χ1n) is 6.77. The van der Waals surface area contributed by atoms with E-state index in [1.54, 1.807) is 0 Å². The van der Waals surface area contributed by atoms with Crippen molar-refractivity contribution in [1.82, 2.24) is 15.5 Å². The van der Waals surface area contributed by atoms with Crippen LogP contribution in [0.25, 0.3) is 0 Å². The van der Waals surface area contributed by atoms with Gasteiger partial charge in [-0.25, -0.2) is 0 Å². The molecule has 0 atom stereocenters. The van der Waals surface area contributed by atoms with E-state index in [4.69, 9.17) is 5.73 Å². The zero-order chi connectivity index (χ0) is 14.5. The summed E-state index contributed by atoms with van der Waals surface area (Å²) in [5.41, 5.74) is 5.11. The van der Waals surface area contributed by atoms with Crippen molar-refractivity contribution < 1.29 is 4.79 Å². The number of hydrogen-bond donors (Lipinski definition) is 2. The lowest BCUT2D eigenvalue weighted by Gasteiger charge is -2.23. The molecule has 1 amide bonds. The second kappa shape index (κ2) is 6.96. The molecule has 19 heavy (non-hydrogen) atoms. The zero-order valence-electron chi connectivity index (χ0n) is 12.2. The van der Waals surface area contributed by atoms with Crippen molar-refractivity contribution in [1.29, 1.82) is 0 Å². The summed E-state index contributed by atoms with van der Waals surface area (Å²) in [5, 5.41) is 12.6. The van der Waals surface area contributed by atoms with Crippen molar-refractivity contribution in [2.45, 2.75) is 58.4 Å². The van der Waals surface area contributed by atoms with Gasteiger partial charge in [0.25, 0.3) is 5.91 Å². The molecule has 108 valence electrons. The summed E-state index contributed by atoms with van der Waals surface area (Å²) < 4.78 is 0. The fourth-order valence-electron chi connectivity index (χ4n) is 1.87. The second-order valence-corrected chi connectivity index (χ2v) is 6.36. The van der Waals surface area contributed by atoms with E-state index in [2.05, 4.69) is 43.2 Å². The maximum absolute atomic E-state index is 11.0. The van der Waals surface area contributed by atoms with Crippen LogP contribution < -0.4 is 11.1 Å². The number of rotatable bonds is 8. The third-order valence-electron chi connectivity index (χ3n) is 3.38. The molecule has 0 aliphatic heterocycles. The Morgan fingerprint density at radius 3 is 2.47 bits per heavy atom. The van der Waals surface area contributed by atoms with E-state index in [0.717, 1.165) is 30.8 Å². The van der Waals surface area contributed by atoms with Gasteiger partial charge in [0, 0.05) is 11.5 Å². The van der Waals surface area contributed by atoms with E-state index in [1.165, 1.54) is 11.3 Å².